The van der Waals surface area contributed by atoms with Crippen molar-refractivity contribution in [3.05, 3.63) is 34.2 Å². The van der Waals surface area contributed by atoms with Gasteiger partial charge in [-0.15, -0.1) is 0 Å². The summed E-state index contributed by atoms with van der Waals surface area (Å²) in [5.41, 5.74) is 0.312. The monoisotopic (exact) mass is 216 g/mol. The summed E-state index contributed by atoms with van der Waals surface area (Å²) in [6.07, 6.45) is 5.21. The molecule has 0 amide bonds. The van der Waals surface area contributed by atoms with E-state index in [0.29, 0.717) is 6.61 Å². The lowest BCUT2D eigenvalue weighted by Gasteiger charge is -2.11. The van der Waals surface area contributed by atoms with Crippen LogP contribution in [0.3, 0.4) is 0 Å². The third-order valence-corrected chi connectivity index (χ3v) is 3.41. The van der Waals surface area contributed by atoms with Gasteiger partial charge in [-0.05, 0) is 29.7 Å². The molecule has 0 bridgehead atoms. The summed E-state index contributed by atoms with van der Waals surface area (Å²) < 4.78 is 5.19. The van der Waals surface area contributed by atoms with E-state index in [2.05, 4.69) is 0 Å². The summed E-state index contributed by atoms with van der Waals surface area (Å²) in [7, 11) is 0. The SMILES string of the molecule is O=C(O)C1(c2ccc3c(c2)=CCOC=3)CC1. The largest absolute Gasteiger partial charge is 0.496 e. The van der Waals surface area contributed by atoms with Gasteiger partial charge in [0, 0.05) is 5.22 Å². The normalized spacial score (nSPS) is 19.8. The Morgan fingerprint density at radius 3 is 2.81 bits per heavy atom. The second-order valence-electron chi connectivity index (χ2n) is 4.39. The molecule has 1 aromatic carbocycles. The fourth-order valence-corrected chi connectivity index (χ4v) is 2.18. The van der Waals surface area contributed by atoms with Crippen molar-refractivity contribution in [2.45, 2.75) is 18.3 Å². The van der Waals surface area contributed by atoms with Crippen molar-refractivity contribution in [3.8, 4) is 0 Å². The molecule has 0 unspecified atom stereocenters. The number of carboxylic acid groups (broad SMARTS) is 1. The summed E-state index contributed by atoms with van der Waals surface area (Å²) in [5.74, 6) is -0.705. The zero-order chi connectivity index (χ0) is 11.2. The summed E-state index contributed by atoms with van der Waals surface area (Å²) in [6.45, 7) is 0.566. The molecule has 3 nitrogen and oxygen atoms in total. The molecule has 1 aliphatic carbocycles. The van der Waals surface area contributed by atoms with Gasteiger partial charge in [0.1, 0.15) is 6.61 Å². The van der Waals surface area contributed by atoms with Gasteiger partial charge in [0.05, 0.1) is 11.7 Å². The van der Waals surface area contributed by atoms with E-state index in [1.165, 1.54) is 0 Å². The zero-order valence-corrected chi connectivity index (χ0v) is 8.77. The van der Waals surface area contributed by atoms with Gasteiger partial charge in [0.2, 0.25) is 0 Å². The molecule has 1 heterocycles. The van der Waals surface area contributed by atoms with E-state index in [9.17, 15) is 9.90 Å². The predicted molar refractivity (Wildman–Crippen MR) is 59.1 cm³/mol. The minimum atomic E-state index is -0.705. The van der Waals surface area contributed by atoms with Crippen molar-refractivity contribution in [1.29, 1.82) is 0 Å². The highest BCUT2D eigenvalue weighted by Gasteiger charge is 2.51. The minimum absolute atomic E-state index is 0.566. The Kier molecular flexibility index (Phi) is 1.84. The summed E-state index contributed by atoms with van der Waals surface area (Å²) in [5, 5.41) is 11.3. The molecule has 0 aromatic heterocycles. The molecule has 3 heteroatoms. The Hall–Kier alpha value is -1.77. The smallest absolute Gasteiger partial charge is 0.314 e. The van der Waals surface area contributed by atoms with Crippen LogP contribution in [0, 0.1) is 0 Å². The van der Waals surface area contributed by atoms with Gasteiger partial charge in [0.25, 0.3) is 0 Å². The lowest BCUT2D eigenvalue weighted by molar-refractivity contribution is -0.140. The van der Waals surface area contributed by atoms with Crippen LogP contribution in [0.25, 0.3) is 12.3 Å². The lowest BCUT2D eigenvalue weighted by atomic mass is 9.95. The summed E-state index contributed by atoms with van der Waals surface area (Å²) >= 11 is 0. The van der Waals surface area contributed by atoms with Gasteiger partial charge in [-0.1, -0.05) is 18.2 Å². The fourth-order valence-electron chi connectivity index (χ4n) is 2.18. The van der Waals surface area contributed by atoms with Crippen LogP contribution in [-0.4, -0.2) is 17.7 Å². The van der Waals surface area contributed by atoms with Crippen molar-refractivity contribution >= 4 is 18.3 Å². The van der Waals surface area contributed by atoms with E-state index < -0.39 is 11.4 Å². The Balaban J connectivity index is 2.15. The second kappa shape index (κ2) is 3.11. The molecule has 1 N–H and O–H groups in total. The van der Waals surface area contributed by atoms with Gasteiger partial charge >= 0.3 is 5.97 Å². The maximum Gasteiger partial charge on any atom is 0.314 e. The number of benzene rings is 1. The Labute approximate surface area is 92.7 Å². The molecule has 1 saturated carbocycles. The Morgan fingerprint density at radius 2 is 2.12 bits per heavy atom. The highest BCUT2D eigenvalue weighted by molar-refractivity contribution is 5.84. The number of hydrogen-bond donors (Lipinski definition) is 1. The average molecular weight is 216 g/mol. The third-order valence-electron chi connectivity index (χ3n) is 3.41. The van der Waals surface area contributed by atoms with Crippen LogP contribution in [0.15, 0.2) is 18.2 Å². The maximum absolute atomic E-state index is 11.2. The van der Waals surface area contributed by atoms with Crippen molar-refractivity contribution in [3.63, 3.8) is 0 Å². The molecule has 82 valence electrons. The van der Waals surface area contributed by atoms with Gasteiger partial charge in [-0.25, -0.2) is 0 Å². The van der Waals surface area contributed by atoms with E-state index in [-0.39, 0.29) is 0 Å². The molecule has 16 heavy (non-hydrogen) atoms. The summed E-state index contributed by atoms with van der Waals surface area (Å²) in [4.78, 5) is 11.2. The van der Waals surface area contributed by atoms with Gasteiger partial charge < -0.3 is 9.84 Å². The molecular formula is C13H12O3. The molecule has 3 rings (SSSR count). The highest BCUT2D eigenvalue weighted by atomic mass is 16.5. The topological polar surface area (TPSA) is 46.5 Å². The van der Waals surface area contributed by atoms with E-state index in [4.69, 9.17) is 4.74 Å². The molecule has 1 fully saturated rings. The molecule has 0 atom stereocenters. The molecule has 1 aliphatic heterocycles. The number of fused-ring (bicyclic) bond motifs is 1. The number of hydrogen-bond acceptors (Lipinski definition) is 2. The van der Waals surface area contributed by atoms with Crippen LogP contribution in [0.1, 0.15) is 18.4 Å². The minimum Gasteiger partial charge on any atom is -0.496 e. The Bertz CT molecular complexity index is 567. The number of carboxylic acids is 1. The molecule has 0 saturated heterocycles. The van der Waals surface area contributed by atoms with E-state index in [1.54, 1.807) is 6.26 Å². The summed E-state index contributed by atoms with van der Waals surface area (Å²) in [6, 6.07) is 5.82. The number of ether oxygens (including phenoxy) is 1. The number of carbonyl (C=O) groups is 1. The standard InChI is InChI=1S/C13H12O3/c14-12(15)13(4-5-13)11-2-1-10-8-16-6-3-9(10)7-11/h1-3,7-8H,4-6H2,(H,14,15). The van der Waals surface area contributed by atoms with Gasteiger partial charge in [0.15, 0.2) is 0 Å². The lowest BCUT2D eigenvalue weighted by Crippen LogP contribution is -2.31. The first kappa shape index (κ1) is 9.46. The number of aliphatic carboxylic acids is 1. The van der Waals surface area contributed by atoms with Crippen LogP contribution in [0.4, 0.5) is 0 Å². The van der Waals surface area contributed by atoms with Crippen LogP contribution >= 0.6 is 0 Å². The van der Waals surface area contributed by atoms with Gasteiger partial charge in [-0.3, -0.25) is 4.79 Å². The molecule has 0 spiro atoms. The van der Waals surface area contributed by atoms with E-state index in [1.807, 2.05) is 24.3 Å². The van der Waals surface area contributed by atoms with E-state index >= 15 is 0 Å². The molecule has 1 aromatic rings. The van der Waals surface area contributed by atoms with Gasteiger partial charge in [-0.2, -0.15) is 0 Å². The fraction of sp³-hybridized carbons (Fsp3) is 0.308. The third kappa shape index (κ3) is 1.24. The van der Waals surface area contributed by atoms with Crippen molar-refractivity contribution in [1.82, 2.24) is 0 Å². The van der Waals surface area contributed by atoms with Crippen LogP contribution < -0.4 is 10.4 Å². The van der Waals surface area contributed by atoms with Crippen molar-refractivity contribution < 1.29 is 14.6 Å². The first-order valence-electron chi connectivity index (χ1n) is 5.38. The first-order chi connectivity index (χ1) is 7.72. The second-order valence-corrected chi connectivity index (χ2v) is 4.39. The van der Waals surface area contributed by atoms with E-state index in [0.717, 1.165) is 28.8 Å². The molecule has 2 aliphatic rings. The first-order valence-corrected chi connectivity index (χ1v) is 5.38. The Morgan fingerprint density at radius 1 is 1.31 bits per heavy atom. The van der Waals surface area contributed by atoms with Crippen LogP contribution in [0.5, 0.6) is 0 Å². The quantitative estimate of drug-likeness (QED) is 0.776. The predicted octanol–water partition coefficient (Wildman–Crippen LogP) is 0.351. The van der Waals surface area contributed by atoms with Crippen LogP contribution in [0.2, 0.25) is 0 Å². The highest BCUT2D eigenvalue weighted by Crippen LogP contribution is 2.47. The zero-order valence-electron chi connectivity index (χ0n) is 8.77. The maximum atomic E-state index is 11.2. The average Bonchev–Trinajstić information content (AvgIpc) is 3.09. The molecule has 0 radical (unpaired) electrons. The van der Waals surface area contributed by atoms with Crippen LogP contribution in [-0.2, 0) is 14.9 Å². The van der Waals surface area contributed by atoms with Crippen molar-refractivity contribution in [2.24, 2.45) is 0 Å². The van der Waals surface area contributed by atoms with Crippen molar-refractivity contribution in [2.75, 3.05) is 6.61 Å². The molecular weight excluding hydrogens is 204 g/mol. The number of rotatable bonds is 2.